The lowest BCUT2D eigenvalue weighted by molar-refractivity contribution is -0.138. The Morgan fingerprint density at radius 2 is 2.12 bits per heavy atom. The number of nitrogens with one attached hydrogen (secondary N) is 2. The highest BCUT2D eigenvalue weighted by Gasteiger charge is 2.34. The van der Waals surface area contributed by atoms with E-state index in [0.717, 1.165) is 6.07 Å². The van der Waals surface area contributed by atoms with E-state index < -0.39 is 17.8 Å². The Morgan fingerprint density at radius 1 is 1.35 bits per heavy atom. The molecular weight excluding hydrogens is 351 g/mol. The second kappa shape index (κ2) is 7.53. The summed E-state index contributed by atoms with van der Waals surface area (Å²) in [6, 6.07) is 3.12. The molecule has 142 valence electrons. The van der Waals surface area contributed by atoms with E-state index in [4.69, 9.17) is 9.57 Å². The van der Waals surface area contributed by atoms with Gasteiger partial charge in [-0.1, -0.05) is 5.16 Å². The van der Waals surface area contributed by atoms with Crippen molar-refractivity contribution in [1.82, 2.24) is 5.32 Å². The summed E-state index contributed by atoms with van der Waals surface area (Å²) < 4.78 is 44.6. The van der Waals surface area contributed by atoms with Crippen molar-refractivity contribution in [2.24, 2.45) is 11.1 Å². The van der Waals surface area contributed by atoms with Gasteiger partial charge in [-0.2, -0.15) is 13.2 Å². The van der Waals surface area contributed by atoms with Crippen LogP contribution >= 0.6 is 0 Å². The number of benzene rings is 1. The van der Waals surface area contributed by atoms with Crippen LogP contribution in [0.15, 0.2) is 23.4 Å². The average molecular weight is 371 g/mol. The highest BCUT2D eigenvalue weighted by molar-refractivity contribution is 5.94. The SMILES string of the molecule is CC1CC(CNC(=O)Nc2ccc(C(F)(F)F)c(CC3COC3)c2)=NO1. The van der Waals surface area contributed by atoms with Gasteiger partial charge >= 0.3 is 12.2 Å². The zero-order valence-corrected chi connectivity index (χ0v) is 14.2. The molecule has 2 amide bonds. The summed E-state index contributed by atoms with van der Waals surface area (Å²) in [6.45, 7) is 3.01. The van der Waals surface area contributed by atoms with Crippen LogP contribution in [0.25, 0.3) is 0 Å². The number of carbonyl (C=O) groups excluding carboxylic acids is 1. The van der Waals surface area contributed by atoms with E-state index in [-0.39, 0.29) is 30.6 Å². The van der Waals surface area contributed by atoms with Gasteiger partial charge in [0.1, 0.15) is 6.10 Å². The molecule has 0 aromatic heterocycles. The number of carbonyl (C=O) groups is 1. The van der Waals surface area contributed by atoms with Gasteiger partial charge in [-0.25, -0.2) is 4.79 Å². The van der Waals surface area contributed by atoms with Gasteiger partial charge in [-0.15, -0.1) is 0 Å². The van der Waals surface area contributed by atoms with Crippen molar-refractivity contribution < 1.29 is 27.5 Å². The second-order valence-electron chi connectivity index (χ2n) is 6.56. The average Bonchev–Trinajstić information content (AvgIpc) is 2.93. The summed E-state index contributed by atoms with van der Waals surface area (Å²) in [5.74, 6) is 0.0718. The summed E-state index contributed by atoms with van der Waals surface area (Å²) >= 11 is 0. The fourth-order valence-corrected chi connectivity index (χ4v) is 2.86. The molecule has 2 heterocycles. The van der Waals surface area contributed by atoms with Crippen LogP contribution in [0.2, 0.25) is 0 Å². The lowest BCUT2D eigenvalue weighted by atomic mass is 9.93. The number of nitrogens with zero attached hydrogens (tertiary/aromatic N) is 1. The maximum Gasteiger partial charge on any atom is 0.416 e. The van der Waals surface area contributed by atoms with Crippen molar-refractivity contribution >= 4 is 17.4 Å². The Labute approximate surface area is 148 Å². The quantitative estimate of drug-likeness (QED) is 0.835. The minimum atomic E-state index is -4.43. The fourth-order valence-electron chi connectivity index (χ4n) is 2.86. The van der Waals surface area contributed by atoms with Crippen LogP contribution in [-0.4, -0.2) is 37.6 Å². The molecule has 1 saturated heterocycles. The molecule has 9 heteroatoms. The van der Waals surface area contributed by atoms with Gasteiger partial charge < -0.3 is 20.2 Å². The van der Waals surface area contributed by atoms with Crippen molar-refractivity contribution in [3.05, 3.63) is 29.3 Å². The first-order chi connectivity index (χ1) is 12.3. The first-order valence-electron chi connectivity index (χ1n) is 8.35. The zero-order valence-electron chi connectivity index (χ0n) is 14.2. The molecule has 1 atom stereocenters. The number of urea groups is 1. The third-order valence-corrected chi connectivity index (χ3v) is 4.22. The van der Waals surface area contributed by atoms with E-state index >= 15 is 0 Å². The summed E-state index contributed by atoms with van der Waals surface area (Å²) in [5.41, 5.74) is 0.502. The largest absolute Gasteiger partial charge is 0.416 e. The number of halogens is 3. The zero-order chi connectivity index (χ0) is 18.7. The molecule has 2 aliphatic heterocycles. The molecule has 1 unspecified atom stereocenters. The molecule has 0 aliphatic carbocycles. The number of oxime groups is 1. The minimum Gasteiger partial charge on any atom is -0.392 e. The first-order valence-corrected chi connectivity index (χ1v) is 8.35. The molecule has 0 spiro atoms. The Hall–Kier alpha value is -2.29. The van der Waals surface area contributed by atoms with Crippen LogP contribution in [0.3, 0.4) is 0 Å². The number of hydrogen-bond acceptors (Lipinski definition) is 4. The van der Waals surface area contributed by atoms with Gasteiger partial charge in [-0.05, 0) is 37.1 Å². The van der Waals surface area contributed by atoms with Gasteiger partial charge in [0, 0.05) is 18.0 Å². The standard InChI is InChI=1S/C17H20F3N3O3/c1-10-4-14(23-26-10)7-21-16(24)22-13-2-3-15(17(18,19)20)12(6-13)5-11-8-25-9-11/h2-3,6,10-11H,4-5,7-9H2,1H3,(H2,21,22,24). The van der Waals surface area contributed by atoms with Crippen LogP contribution in [0, 0.1) is 5.92 Å². The van der Waals surface area contributed by atoms with E-state index in [0.29, 0.717) is 31.0 Å². The maximum atomic E-state index is 13.2. The molecule has 1 fully saturated rings. The molecule has 26 heavy (non-hydrogen) atoms. The number of anilines is 1. The number of alkyl halides is 3. The Bertz CT molecular complexity index is 702. The maximum absolute atomic E-state index is 13.2. The van der Waals surface area contributed by atoms with E-state index in [9.17, 15) is 18.0 Å². The Kier molecular flexibility index (Phi) is 5.36. The molecule has 0 saturated carbocycles. The van der Waals surface area contributed by atoms with Crippen LogP contribution in [0.1, 0.15) is 24.5 Å². The van der Waals surface area contributed by atoms with Gasteiger partial charge in [-0.3, -0.25) is 0 Å². The summed E-state index contributed by atoms with van der Waals surface area (Å²) in [7, 11) is 0. The Balaban J connectivity index is 1.63. The monoisotopic (exact) mass is 371 g/mol. The summed E-state index contributed by atoms with van der Waals surface area (Å²) in [5, 5.41) is 9.01. The molecule has 6 nitrogen and oxygen atoms in total. The van der Waals surface area contributed by atoms with Crippen molar-refractivity contribution in [2.75, 3.05) is 25.1 Å². The molecule has 2 aliphatic rings. The van der Waals surface area contributed by atoms with Gasteiger partial charge in [0.2, 0.25) is 0 Å². The lowest BCUT2D eigenvalue weighted by Crippen LogP contribution is -2.33. The topological polar surface area (TPSA) is 72.0 Å². The Morgan fingerprint density at radius 3 is 2.69 bits per heavy atom. The van der Waals surface area contributed by atoms with Gasteiger partial charge in [0.05, 0.1) is 31.0 Å². The molecule has 0 bridgehead atoms. The number of rotatable bonds is 5. The summed E-state index contributed by atoms with van der Waals surface area (Å²) in [6.07, 6.45) is -3.55. The van der Waals surface area contributed by atoms with E-state index in [1.54, 1.807) is 0 Å². The molecule has 1 aromatic rings. The molecule has 3 rings (SSSR count). The second-order valence-corrected chi connectivity index (χ2v) is 6.56. The number of hydrogen-bond donors (Lipinski definition) is 2. The van der Waals surface area contributed by atoms with Crippen LogP contribution in [0.4, 0.5) is 23.7 Å². The predicted octanol–water partition coefficient (Wildman–Crippen LogP) is 3.18. The van der Waals surface area contributed by atoms with E-state index in [1.807, 2.05) is 6.92 Å². The third kappa shape index (κ3) is 4.66. The normalized spacial score (nSPS) is 20.2. The number of amides is 2. The van der Waals surface area contributed by atoms with Crippen LogP contribution in [0.5, 0.6) is 0 Å². The third-order valence-electron chi connectivity index (χ3n) is 4.22. The lowest BCUT2D eigenvalue weighted by Gasteiger charge is -2.27. The van der Waals surface area contributed by atoms with Crippen LogP contribution in [-0.2, 0) is 22.2 Å². The van der Waals surface area contributed by atoms with Crippen molar-refractivity contribution in [3.8, 4) is 0 Å². The first kappa shape index (κ1) is 18.5. The van der Waals surface area contributed by atoms with Gasteiger partial charge in [0.25, 0.3) is 0 Å². The predicted molar refractivity (Wildman–Crippen MR) is 89.1 cm³/mol. The van der Waals surface area contributed by atoms with E-state index in [2.05, 4.69) is 15.8 Å². The molecule has 1 aromatic carbocycles. The molecule has 0 radical (unpaired) electrons. The van der Waals surface area contributed by atoms with Crippen LogP contribution < -0.4 is 10.6 Å². The van der Waals surface area contributed by atoms with Crippen molar-refractivity contribution in [2.45, 2.75) is 32.0 Å². The van der Waals surface area contributed by atoms with Gasteiger partial charge in [0.15, 0.2) is 0 Å². The highest BCUT2D eigenvalue weighted by atomic mass is 19.4. The highest BCUT2D eigenvalue weighted by Crippen LogP contribution is 2.35. The number of ether oxygens (including phenoxy) is 1. The van der Waals surface area contributed by atoms with Crippen molar-refractivity contribution in [1.29, 1.82) is 0 Å². The smallest absolute Gasteiger partial charge is 0.392 e. The van der Waals surface area contributed by atoms with Crippen molar-refractivity contribution in [3.63, 3.8) is 0 Å². The molecular formula is C17H20F3N3O3. The summed E-state index contributed by atoms with van der Waals surface area (Å²) in [4.78, 5) is 17.0. The van der Waals surface area contributed by atoms with E-state index in [1.165, 1.54) is 12.1 Å². The minimum absolute atomic E-state index is 0.0113. The molecule has 2 N–H and O–H groups in total. The fraction of sp³-hybridized carbons (Fsp3) is 0.529.